The van der Waals surface area contributed by atoms with Crippen molar-refractivity contribution in [2.24, 2.45) is 0 Å². The Morgan fingerprint density at radius 2 is 2.25 bits per heavy atom. The molecule has 1 aliphatic heterocycles. The smallest absolute Gasteiger partial charge is 0.237 e. The first-order valence-electron chi connectivity index (χ1n) is 5.82. The number of likely N-dealkylation sites (N-methyl/N-ethyl adjacent to an activating group) is 1. The molecule has 2 atom stereocenters. The molecular formula is C11H20ClNO3. The first kappa shape index (κ1) is 13.7. The van der Waals surface area contributed by atoms with Gasteiger partial charge in [-0.05, 0) is 19.8 Å². The van der Waals surface area contributed by atoms with Gasteiger partial charge in [0.05, 0.1) is 19.3 Å². The lowest BCUT2D eigenvalue weighted by Gasteiger charge is -2.33. The lowest BCUT2D eigenvalue weighted by Crippen LogP contribution is -2.43. The van der Waals surface area contributed by atoms with Crippen molar-refractivity contribution in [2.75, 3.05) is 25.6 Å². The fourth-order valence-electron chi connectivity index (χ4n) is 1.72. The fourth-order valence-corrected chi connectivity index (χ4v) is 1.89. The van der Waals surface area contributed by atoms with Gasteiger partial charge in [-0.2, -0.15) is 0 Å². The van der Waals surface area contributed by atoms with Crippen LogP contribution in [0.1, 0.15) is 26.7 Å². The number of carbonyl (C=O) groups is 1. The zero-order valence-corrected chi connectivity index (χ0v) is 10.7. The Bertz CT molecular complexity index is 225. The molecule has 0 aromatic heterocycles. The summed E-state index contributed by atoms with van der Waals surface area (Å²) in [5.74, 6) is -0.0624. The van der Waals surface area contributed by atoms with Crippen LogP contribution in [-0.4, -0.2) is 48.8 Å². The third-order valence-electron chi connectivity index (χ3n) is 2.76. The molecule has 1 fully saturated rings. The quantitative estimate of drug-likeness (QED) is 0.695. The normalized spacial score (nSPS) is 25.4. The van der Waals surface area contributed by atoms with Crippen LogP contribution < -0.4 is 0 Å². The molecular weight excluding hydrogens is 230 g/mol. The lowest BCUT2D eigenvalue weighted by molar-refractivity contribution is -0.218. The average Bonchev–Trinajstić information content (AvgIpc) is 2.35. The van der Waals surface area contributed by atoms with E-state index in [0.29, 0.717) is 19.7 Å². The van der Waals surface area contributed by atoms with E-state index in [9.17, 15) is 4.79 Å². The number of alkyl halides is 1. The minimum absolute atomic E-state index is 0.0117. The zero-order chi connectivity index (χ0) is 12.0. The van der Waals surface area contributed by atoms with Gasteiger partial charge in [0.2, 0.25) is 5.91 Å². The maximum absolute atomic E-state index is 11.5. The summed E-state index contributed by atoms with van der Waals surface area (Å²) in [6.07, 6.45) is 1.87. The molecule has 0 bridgehead atoms. The van der Waals surface area contributed by atoms with E-state index in [-0.39, 0.29) is 24.2 Å². The first-order chi connectivity index (χ1) is 7.71. The lowest BCUT2D eigenvalue weighted by atomic mass is 10.2. The van der Waals surface area contributed by atoms with E-state index in [4.69, 9.17) is 21.1 Å². The second-order valence-corrected chi connectivity index (χ2v) is 4.09. The van der Waals surface area contributed by atoms with Gasteiger partial charge in [0.1, 0.15) is 5.88 Å². The Morgan fingerprint density at radius 1 is 1.50 bits per heavy atom. The summed E-state index contributed by atoms with van der Waals surface area (Å²) in [5.41, 5.74) is 0. The molecule has 1 amide bonds. The standard InChI is InChI=1S/C11H20ClNO3/c1-3-9-5-6-15-11(16-9)8-13(4-2)10(14)7-12/h9,11H,3-8H2,1-2H3. The maximum atomic E-state index is 11.5. The van der Waals surface area contributed by atoms with E-state index in [1.807, 2.05) is 6.92 Å². The molecule has 1 saturated heterocycles. The summed E-state index contributed by atoms with van der Waals surface area (Å²) < 4.78 is 11.2. The highest BCUT2D eigenvalue weighted by Gasteiger charge is 2.24. The van der Waals surface area contributed by atoms with Crippen molar-refractivity contribution in [3.05, 3.63) is 0 Å². The van der Waals surface area contributed by atoms with Crippen LogP contribution in [0.4, 0.5) is 0 Å². The van der Waals surface area contributed by atoms with E-state index < -0.39 is 0 Å². The van der Waals surface area contributed by atoms with Gasteiger partial charge in [0.25, 0.3) is 0 Å². The molecule has 2 unspecified atom stereocenters. The second kappa shape index (κ2) is 7.09. The monoisotopic (exact) mass is 249 g/mol. The number of amides is 1. The molecule has 0 spiro atoms. The molecule has 0 aromatic rings. The molecule has 4 nitrogen and oxygen atoms in total. The van der Waals surface area contributed by atoms with Gasteiger partial charge in [-0.15, -0.1) is 11.6 Å². The van der Waals surface area contributed by atoms with Gasteiger partial charge in [-0.1, -0.05) is 6.92 Å². The molecule has 0 saturated carbocycles. The summed E-state index contributed by atoms with van der Waals surface area (Å²) >= 11 is 5.53. The topological polar surface area (TPSA) is 38.8 Å². The van der Waals surface area contributed by atoms with E-state index in [1.165, 1.54) is 0 Å². The van der Waals surface area contributed by atoms with Crippen molar-refractivity contribution in [3.63, 3.8) is 0 Å². The molecule has 0 N–H and O–H groups in total. The van der Waals surface area contributed by atoms with Crippen molar-refractivity contribution >= 4 is 17.5 Å². The Morgan fingerprint density at radius 3 is 2.81 bits per heavy atom. The number of ether oxygens (including phenoxy) is 2. The predicted molar refractivity (Wildman–Crippen MR) is 62.5 cm³/mol. The van der Waals surface area contributed by atoms with Crippen LogP contribution in [0, 0.1) is 0 Å². The number of halogens is 1. The van der Waals surface area contributed by atoms with Crippen molar-refractivity contribution in [1.82, 2.24) is 4.90 Å². The molecule has 0 aliphatic carbocycles. The van der Waals surface area contributed by atoms with Gasteiger partial charge in [0.15, 0.2) is 6.29 Å². The SMILES string of the molecule is CCC1CCOC(CN(CC)C(=O)CCl)O1. The molecule has 94 valence electrons. The van der Waals surface area contributed by atoms with Crippen LogP contribution in [0.15, 0.2) is 0 Å². The summed E-state index contributed by atoms with van der Waals surface area (Å²) in [4.78, 5) is 13.1. The molecule has 16 heavy (non-hydrogen) atoms. The van der Waals surface area contributed by atoms with Crippen molar-refractivity contribution in [2.45, 2.75) is 39.1 Å². The van der Waals surface area contributed by atoms with Gasteiger partial charge in [-0.25, -0.2) is 0 Å². The van der Waals surface area contributed by atoms with Gasteiger partial charge >= 0.3 is 0 Å². The van der Waals surface area contributed by atoms with E-state index in [1.54, 1.807) is 4.90 Å². The van der Waals surface area contributed by atoms with E-state index >= 15 is 0 Å². The average molecular weight is 250 g/mol. The second-order valence-electron chi connectivity index (χ2n) is 3.82. The third kappa shape index (κ3) is 3.92. The zero-order valence-electron chi connectivity index (χ0n) is 9.95. The fraction of sp³-hybridized carbons (Fsp3) is 0.909. The maximum Gasteiger partial charge on any atom is 0.237 e. The third-order valence-corrected chi connectivity index (χ3v) is 2.99. The van der Waals surface area contributed by atoms with E-state index in [2.05, 4.69) is 6.92 Å². The Labute approximate surface area is 102 Å². The minimum Gasteiger partial charge on any atom is -0.351 e. The highest BCUT2D eigenvalue weighted by molar-refractivity contribution is 6.27. The number of hydrogen-bond donors (Lipinski definition) is 0. The predicted octanol–water partition coefficient (Wildman–Crippen LogP) is 1.62. The van der Waals surface area contributed by atoms with Gasteiger partial charge in [-0.3, -0.25) is 4.79 Å². The van der Waals surface area contributed by atoms with Crippen LogP contribution in [-0.2, 0) is 14.3 Å². The number of rotatable bonds is 5. The van der Waals surface area contributed by atoms with Crippen molar-refractivity contribution in [3.8, 4) is 0 Å². The summed E-state index contributed by atoms with van der Waals surface area (Å²) in [7, 11) is 0. The Hall–Kier alpha value is -0.320. The van der Waals surface area contributed by atoms with Crippen LogP contribution >= 0.6 is 11.6 Å². The summed E-state index contributed by atoms with van der Waals surface area (Å²) in [6.45, 7) is 5.82. The molecule has 5 heteroatoms. The van der Waals surface area contributed by atoms with Crippen LogP contribution in [0.3, 0.4) is 0 Å². The first-order valence-corrected chi connectivity index (χ1v) is 6.35. The minimum atomic E-state index is -0.300. The molecule has 0 aromatic carbocycles. The van der Waals surface area contributed by atoms with Gasteiger partial charge in [0, 0.05) is 6.54 Å². The van der Waals surface area contributed by atoms with Crippen LogP contribution in [0.25, 0.3) is 0 Å². The molecule has 1 heterocycles. The Balaban J connectivity index is 2.42. The Kier molecular flexibility index (Phi) is 6.09. The van der Waals surface area contributed by atoms with E-state index in [0.717, 1.165) is 12.8 Å². The number of hydrogen-bond acceptors (Lipinski definition) is 3. The van der Waals surface area contributed by atoms with Gasteiger partial charge < -0.3 is 14.4 Å². The summed E-state index contributed by atoms with van der Waals surface area (Å²) in [6, 6.07) is 0. The van der Waals surface area contributed by atoms with Crippen LogP contribution in [0.5, 0.6) is 0 Å². The summed E-state index contributed by atoms with van der Waals surface area (Å²) in [5, 5.41) is 0. The largest absolute Gasteiger partial charge is 0.351 e. The van der Waals surface area contributed by atoms with Crippen molar-refractivity contribution < 1.29 is 14.3 Å². The highest BCUT2D eigenvalue weighted by Crippen LogP contribution is 2.16. The molecule has 0 radical (unpaired) electrons. The molecule has 1 aliphatic rings. The highest BCUT2D eigenvalue weighted by atomic mass is 35.5. The number of carbonyl (C=O) groups excluding carboxylic acids is 1. The van der Waals surface area contributed by atoms with Crippen molar-refractivity contribution in [1.29, 1.82) is 0 Å². The van der Waals surface area contributed by atoms with Crippen LogP contribution in [0.2, 0.25) is 0 Å². The molecule has 1 rings (SSSR count). The number of nitrogens with zero attached hydrogens (tertiary/aromatic N) is 1.